The average molecular weight is 393 g/mol. The quantitative estimate of drug-likeness (QED) is 0.736. The maximum atomic E-state index is 12.3. The van der Waals surface area contributed by atoms with E-state index >= 15 is 0 Å². The van der Waals surface area contributed by atoms with Crippen molar-refractivity contribution in [2.45, 2.75) is 0 Å². The monoisotopic (exact) mass is 392 g/mol. The van der Waals surface area contributed by atoms with Crippen LogP contribution in [0, 0.1) is 0 Å². The number of carbonyl (C=O) groups excluding carboxylic acids is 1. The van der Waals surface area contributed by atoms with Crippen molar-refractivity contribution in [3.8, 4) is 17.1 Å². The normalized spacial score (nSPS) is 10.6. The molecule has 0 spiro atoms. The molecular formula is C15H13BrN4O2S. The number of nitrogens with zero attached hydrogens (tertiary/aromatic N) is 3. The van der Waals surface area contributed by atoms with E-state index in [-0.39, 0.29) is 11.8 Å². The van der Waals surface area contributed by atoms with Crippen molar-refractivity contribution in [3.05, 3.63) is 45.9 Å². The van der Waals surface area contributed by atoms with Crippen molar-refractivity contribution in [2.75, 3.05) is 12.4 Å². The van der Waals surface area contributed by atoms with Crippen molar-refractivity contribution >= 4 is 38.3 Å². The molecule has 0 aliphatic rings. The maximum absolute atomic E-state index is 12.3. The number of ether oxygens (including phenoxy) is 1. The fraction of sp³-hybridized carbons (Fsp3) is 0.133. The molecule has 0 atom stereocenters. The fourth-order valence-corrected chi connectivity index (χ4v) is 3.00. The SMILES string of the molecule is COc1nn(C)cc1C(=O)Nc1nc(-c2ccc(Br)cc2)cs1. The van der Waals surface area contributed by atoms with Crippen molar-refractivity contribution in [1.82, 2.24) is 14.8 Å². The predicted octanol–water partition coefficient (Wildman–Crippen LogP) is 3.57. The Hall–Kier alpha value is -2.19. The van der Waals surface area contributed by atoms with Crippen LogP contribution in [0.15, 0.2) is 40.3 Å². The van der Waals surface area contributed by atoms with E-state index in [1.807, 2.05) is 29.6 Å². The lowest BCUT2D eigenvalue weighted by Gasteiger charge is -2.01. The van der Waals surface area contributed by atoms with Crippen LogP contribution >= 0.6 is 27.3 Å². The molecule has 6 nitrogen and oxygen atoms in total. The summed E-state index contributed by atoms with van der Waals surface area (Å²) in [6.07, 6.45) is 1.61. The van der Waals surface area contributed by atoms with Gasteiger partial charge in [0.15, 0.2) is 5.13 Å². The van der Waals surface area contributed by atoms with Crippen LogP contribution in [-0.2, 0) is 7.05 Å². The van der Waals surface area contributed by atoms with Gasteiger partial charge in [-0.05, 0) is 12.1 Å². The molecule has 118 valence electrons. The highest BCUT2D eigenvalue weighted by molar-refractivity contribution is 9.10. The summed E-state index contributed by atoms with van der Waals surface area (Å²) >= 11 is 4.77. The molecule has 2 heterocycles. The van der Waals surface area contributed by atoms with E-state index in [1.165, 1.54) is 23.1 Å². The predicted molar refractivity (Wildman–Crippen MR) is 93.0 cm³/mol. The Morgan fingerprint density at radius 3 is 2.78 bits per heavy atom. The van der Waals surface area contributed by atoms with Crippen molar-refractivity contribution in [2.24, 2.45) is 7.05 Å². The number of hydrogen-bond acceptors (Lipinski definition) is 5. The number of amides is 1. The number of benzene rings is 1. The largest absolute Gasteiger partial charge is 0.479 e. The second-order valence-corrected chi connectivity index (χ2v) is 6.50. The van der Waals surface area contributed by atoms with Gasteiger partial charge in [0.2, 0.25) is 5.88 Å². The number of carbonyl (C=O) groups is 1. The zero-order valence-electron chi connectivity index (χ0n) is 12.4. The van der Waals surface area contributed by atoms with Crippen LogP contribution in [0.5, 0.6) is 5.88 Å². The highest BCUT2D eigenvalue weighted by atomic mass is 79.9. The third kappa shape index (κ3) is 3.43. The summed E-state index contributed by atoms with van der Waals surface area (Å²) in [5, 5.41) is 9.27. The summed E-state index contributed by atoms with van der Waals surface area (Å²) in [7, 11) is 3.21. The van der Waals surface area contributed by atoms with Crippen LogP contribution in [0.4, 0.5) is 5.13 Å². The number of anilines is 1. The summed E-state index contributed by atoms with van der Waals surface area (Å²) in [5.74, 6) is -0.0126. The van der Waals surface area contributed by atoms with E-state index in [4.69, 9.17) is 4.74 Å². The van der Waals surface area contributed by atoms with Gasteiger partial charge in [-0.1, -0.05) is 28.1 Å². The number of halogens is 1. The topological polar surface area (TPSA) is 69.0 Å². The minimum atomic E-state index is -0.299. The Balaban J connectivity index is 1.78. The molecule has 0 aliphatic heterocycles. The number of nitrogens with one attached hydrogen (secondary N) is 1. The average Bonchev–Trinajstić information content (AvgIpc) is 3.14. The van der Waals surface area contributed by atoms with Gasteiger partial charge in [0, 0.05) is 28.7 Å². The van der Waals surface area contributed by atoms with Crippen molar-refractivity contribution < 1.29 is 9.53 Å². The van der Waals surface area contributed by atoms with Crippen LogP contribution in [0.1, 0.15) is 10.4 Å². The first-order valence-electron chi connectivity index (χ1n) is 6.67. The fourth-order valence-electron chi connectivity index (χ4n) is 2.02. The lowest BCUT2D eigenvalue weighted by molar-refractivity contribution is 0.102. The molecule has 1 amide bonds. The van der Waals surface area contributed by atoms with E-state index in [0.717, 1.165) is 15.7 Å². The molecule has 1 aromatic carbocycles. The molecule has 0 aliphatic carbocycles. The Morgan fingerprint density at radius 2 is 2.09 bits per heavy atom. The van der Waals surface area contributed by atoms with Crippen LogP contribution in [0.25, 0.3) is 11.3 Å². The van der Waals surface area contributed by atoms with Gasteiger partial charge >= 0.3 is 0 Å². The molecule has 23 heavy (non-hydrogen) atoms. The summed E-state index contributed by atoms with van der Waals surface area (Å²) in [4.78, 5) is 16.8. The Kier molecular flexibility index (Phi) is 4.44. The molecule has 0 fully saturated rings. The van der Waals surface area contributed by atoms with E-state index in [0.29, 0.717) is 10.7 Å². The van der Waals surface area contributed by atoms with Crippen LogP contribution < -0.4 is 10.1 Å². The molecule has 3 rings (SSSR count). The van der Waals surface area contributed by atoms with Gasteiger partial charge in [0.1, 0.15) is 5.56 Å². The third-order valence-corrected chi connectivity index (χ3v) is 4.38. The van der Waals surface area contributed by atoms with Crippen molar-refractivity contribution in [1.29, 1.82) is 0 Å². The molecule has 2 aromatic heterocycles. The Morgan fingerprint density at radius 1 is 1.35 bits per heavy atom. The molecule has 0 unspecified atom stereocenters. The van der Waals surface area contributed by atoms with Gasteiger partial charge in [-0.25, -0.2) is 4.98 Å². The molecule has 3 aromatic rings. The highest BCUT2D eigenvalue weighted by Crippen LogP contribution is 2.27. The second kappa shape index (κ2) is 6.51. The number of rotatable bonds is 4. The van der Waals surface area contributed by atoms with Gasteiger partial charge in [-0.15, -0.1) is 16.4 Å². The first-order valence-corrected chi connectivity index (χ1v) is 8.34. The minimum Gasteiger partial charge on any atom is -0.479 e. The zero-order chi connectivity index (χ0) is 16.4. The number of thiazole rings is 1. The maximum Gasteiger partial charge on any atom is 0.264 e. The Labute approximate surface area is 145 Å². The standard InChI is InChI=1S/C15H13BrN4O2S/c1-20-7-11(14(19-20)22-2)13(21)18-15-17-12(8-23-15)9-3-5-10(16)6-4-9/h3-8H,1-2H3,(H,17,18,21). The highest BCUT2D eigenvalue weighted by Gasteiger charge is 2.17. The summed E-state index contributed by atoms with van der Waals surface area (Å²) in [6.45, 7) is 0. The Bertz CT molecular complexity index is 842. The van der Waals surface area contributed by atoms with Crippen LogP contribution in [-0.4, -0.2) is 27.8 Å². The lowest BCUT2D eigenvalue weighted by Crippen LogP contribution is -2.12. The molecule has 1 N–H and O–H groups in total. The number of hydrogen-bond donors (Lipinski definition) is 1. The van der Waals surface area contributed by atoms with Crippen molar-refractivity contribution in [3.63, 3.8) is 0 Å². The molecule has 8 heteroatoms. The number of methoxy groups -OCH3 is 1. The third-order valence-electron chi connectivity index (χ3n) is 3.10. The van der Waals surface area contributed by atoms with Gasteiger partial charge in [0.25, 0.3) is 5.91 Å². The molecule has 0 radical (unpaired) electrons. The van der Waals surface area contributed by atoms with Gasteiger partial charge in [0.05, 0.1) is 12.8 Å². The zero-order valence-corrected chi connectivity index (χ0v) is 14.8. The van der Waals surface area contributed by atoms with E-state index in [1.54, 1.807) is 13.2 Å². The first-order chi connectivity index (χ1) is 11.1. The van der Waals surface area contributed by atoms with Gasteiger partial charge in [-0.2, -0.15) is 0 Å². The van der Waals surface area contributed by atoms with Crippen LogP contribution in [0.3, 0.4) is 0 Å². The summed E-state index contributed by atoms with van der Waals surface area (Å²) < 4.78 is 7.64. The number of aromatic nitrogens is 3. The van der Waals surface area contributed by atoms with Gasteiger partial charge < -0.3 is 4.74 Å². The molecule has 0 saturated carbocycles. The minimum absolute atomic E-state index is 0.287. The first kappa shape index (κ1) is 15.7. The molecule has 0 bridgehead atoms. The molecular weight excluding hydrogens is 380 g/mol. The van der Waals surface area contributed by atoms with Gasteiger partial charge in [-0.3, -0.25) is 14.8 Å². The second-order valence-electron chi connectivity index (χ2n) is 4.72. The van der Waals surface area contributed by atoms with E-state index in [9.17, 15) is 4.79 Å². The number of aryl methyl sites for hydroxylation is 1. The molecule has 0 saturated heterocycles. The summed E-state index contributed by atoms with van der Waals surface area (Å²) in [6, 6.07) is 7.84. The smallest absolute Gasteiger partial charge is 0.264 e. The van der Waals surface area contributed by atoms with E-state index in [2.05, 4.69) is 31.3 Å². The van der Waals surface area contributed by atoms with E-state index < -0.39 is 0 Å². The summed E-state index contributed by atoms with van der Waals surface area (Å²) in [5.41, 5.74) is 2.18. The van der Waals surface area contributed by atoms with Crippen LogP contribution in [0.2, 0.25) is 0 Å². The lowest BCUT2D eigenvalue weighted by atomic mass is 10.2.